The van der Waals surface area contributed by atoms with Gasteiger partial charge in [-0.15, -0.1) is 11.6 Å². The number of hydrogen-bond donors (Lipinski definition) is 0. The van der Waals surface area contributed by atoms with E-state index in [1.165, 1.54) is 0 Å². The van der Waals surface area contributed by atoms with Crippen LogP contribution in [0.15, 0.2) is 16.8 Å². The van der Waals surface area contributed by atoms with Crippen molar-refractivity contribution in [3.05, 3.63) is 28.8 Å². The Labute approximate surface area is 68.4 Å². The topological polar surface area (TPSA) is 0 Å². The fourth-order valence-electron chi connectivity index (χ4n) is 0.336. The average Bonchev–Trinajstić information content (AvgIpc) is 2.14. The molecule has 0 nitrogen and oxygen atoms in total. The minimum absolute atomic E-state index is 0. The van der Waals surface area contributed by atoms with Crippen LogP contribution >= 0.6 is 11.3 Å². The Morgan fingerprint density at radius 3 is 2.62 bits per heavy atom. The van der Waals surface area contributed by atoms with E-state index < -0.39 is 0 Å². The van der Waals surface area contributed by atoms with Gasteiger partial charge in [0.2, 0.25) is 0 Å². The van der Waals surface area contributed by atoms with Crippen molar-refractivity contribution in [2.24, 2.45) is 0 Å². The molecule has 0 amide bonds. The molecular formula is C6H3AgS. The number of thiophene rings is 1. The molecule has 1 aromatic heterocycles. The van der Waals surface area contributed by atoms with Crippen molar-refractivity contribution in [2.45, 2.75) is 0 Å². The van der Waals surface area contributed by atoms with Crippen molar-refractivity contribution < 1.29 is 22.4 Å². The summed E-state index contributed by atoms with van der Waals surface area (Å²) in [6, 6.07) is 1.86. The van der Waals surface area contributed by atoms with Gasteiger partial charge < -0.3 is 6.42 Å². The zero-order valence-electron chi connectivity index (χ0n) is 3.94. The first-order chi connectivity index (χ1) is 3.43. The molecule has 0 aliphatic heterocycles. The molecule has 0 unspecified atom stereocenters. The van der Waals surface area contributed by atoms with E-state index in [1.54, 1.807) is 11.3 Å². The van der Waals surface area contributed by atoms with Crippen LogP contribution in [-0.4, -0.2) is 0 Å². The Balaban J connectivity index is 0.000000490. The molecule has 0 atom stereocenters. The molecule has 1 heterocycles. The first-order valence-electron chi connectivity index (χ1n) is 1.88. The Morgan fingerprint density at radius 1 is 1.62 bits per heavy atom. The number of rotatable bonds is 0. The van der Waals surface area contributed by atoms with E-state index in [0.717, 1.165) is 5.56 Å². The summed E-state index contributed by atoms with van der Waals surface area (Å²) in [5.41, 5.74) is 0.866. The Hall–Kier alpha value is 0.000260. The maximum atomic E-state index is 6.62. The average molecular weight is 215 g/mol. The van der Waals surface area contributed by atoms with E-state index in [1.807, 2.05) is 16.8 Å². The maximum absolute atomic E-state index is 6.62. The third-order valence-electron chi connectivity index (χ3n) is 0.666. The summed E-state index contributed by atoms with van der Waals surface area (Å²) >= 11 is 1.58. The minimum Gasteiger partial charge on any atom is -0.366 e. The van der Waals surface area contributed by atoms with Crippen LogP contribution in [0, 0.1) is 12.3 Å². The summed E-state index contributed by atoms with van der Waals surface area (Å²) < 4.78 is 0. The predicted molar refractivity (Wildman–Crippen MR) is 30.6 cm³/mol. The van der Waals surface area contributed by atoms with Gasteiger partial charge in [-0.25, -0.2) is 0 Å². The second-order valence-corrected chi connectivity index (χ2v) is 1.92. The molecule has 1 aromatic rings. The van der Waals surface area contributed by atoms with E-state index in [2.05, 4.69) is 5.92 Å². The molecule has 2 heteroatoms. The summed E-state index contributed by atoms with van der Waals surface area (Å²) in [6.07, 6.45) is 6.62. The molecule has 0 spiro atoms. The van der Waals surface area contributed by atoms with Gasteiger partial charge in [0, 0.05) is 0 Å². The molecular weight excluding hydrogens is 212 g/mol. The molecule has 0 N–H and O–H groups in total. The van der Waals surface area contributed by atoms with E-state index in [4.69, 9.17) is 6.42 Å². The van der Waals surface area contributed by atoms with Crippen LogP contribution in [0.2, 0.25) is 0 Å². The van der Waals surface area contributed by atoms with Gasteiger partial charge >= 0.3 is 22.4 Å². The quantitative estimate of drug-likeness (QED) is 0.351. The molecule has 0 saturated heterocycles. The second kappa shape index (κ2) is 3.94. The zero-order chi connectivity index (χ0) is 5.11. The smallest absolute Gasteiger partial charge is 0.366 e. The molecule has 44 valence electrons. The van der Waals surface area contributed by atoms with Crippen molar-refractivity contribution in [1.82, 2.24) is 0 Å². The Morgan fingerprint density at radius 2 is 2.38 bits per heavy atom. The van der Waals surface area contributed by atoms with Gasteiger partial charge in [0.1, 0.15) is 0 Å². The molecule has 0 aliphatic carbocycles. The fourth-order valence-corrected chi connectivity index (χ4v) is 0.923. The van der Waals surface area contributed by atoms with Crippen molar-refractivity contribution in [3.8, 4) is 5.92 Å². The van der Waals surface area contributed by atoms with E-state index in [9.17, 15) is 0 Å². The van der Waals surface area contributed by atoms with Crippen LogP contribution in [0.1, 0.15) is 5.56 Å². The van der Waals surface area contributed by atoms with Crippen molar-refractivity contribution in [2.75, 3.05) is 0 Å². The SMILES string of the molecule is [Ag+].[C-]#Cc1ccsc1. The minimum atomic E-state index is 0. The summed E-state index contributed by atoms with van der Waals surface area (Å²) in [5.74, 6) is 2.27. The molecule has 0 aliphatic rings. The van der Waals surface area contributed by atoms with Gasteiger partial charge in [0.15, 0.2) is 0 Å². The van der Waals surface area contributed by atoms with Gasteiger partial charge in [0.05, 0.1) is 0 Å². The summed E-state index contributed by atoms with van der Waals surface area (Å²) in [7, 11) is 0. The largest absolute Gasteiger partial charge is 1.00 e. The van der Waals surface area contributed by atoms with E-state index in [-0.39, 0.29) is 22.4 Å². The first-order valence-corrected chi connectivity index (χ1v) is 2.82. The van der Waals surface area contributed by atoms with E-state index in [0.29, 0.717) is 0 Å². The van der Waals surface area contributed by atoms with Gasteiger partial charge in [-0.1, -0.05) is 5.38 Å². The van der Waals surface area contributed by atoms with Crippen molar-refractivity contribution >= 4 is 11.3 Å². The summed E-state index contributed by atoms with van der Waals surface area (Å²) in [6.45, 7) is 0. The van der Waals surface area contributed by atoms with Gasteiger partial charge in [-0.2, -0.15) is 11.3 Å². The van der Waals surface area contributed by atoms with Crippen molar-refractivity contribution in [1.29, 1.82) is 0 Å². The van der Waals surface area contributed by atoms with Crippen LogP contribution in [0.5, 0.6) is 0 Å². The van der Waals surface area contributed by atoms with Gasteiger partial charge in [-0.3, -0.25) is 5.92 Å². The molecule has 0 bridgehead atoms. The zero-order valence-corrected chi connectivity index (χ0v) is 6.24. The van der Waals surface area contributed by atoms with Crippen LogP contribution in [-0.2, 0) is 22.4 Å². The van der Waals surface area contributed by atoms with Crippen molar-refractivity contribution in [3.63, 3.8) is 0 Å². The monoisotopic (exact) mass is 214 g/mol. The Bertz CT molecular complexity index is 171. The molecule has 1 rings (SSSR count). The first kappa shape index (κ1) is 8.00. The molecule has 8 heavy (non-hydrogen) atoms. The Kier molecular flexibility index (Phi) is 3.94. The third kappa shape index (κ3) is 1.85. The van der Waals surface area contributed by atoms with E-state index >= 15 is 0 Å². The molecule has 0 saturated carbocycles. The van der Waals surface area contributed by atoms with Gasteiger partial charge in [0.25, 0.3) is 0 Å². The summed E-state index contributed by atoms with van der Waals surface area (Å²) in [4.78, 5) is 0. The molecule has 0 fully saturated rings. The summed E-state index contributed by atoms with van der Waals surface area (Å²) in [5, 5.41) is 3.81. The number of hydrogen-bond acceptors (Lipinski definition) is 1. The van der Waals surface area contributed by atoms with Gasteiger partial charge in [-0.05, 0) is 5.38 Å². The molecule has 0 aromatic carbocycles. The maximum Gasteiger partial charge on any atom is 1.00 e. The second-order valence-electron chi connectivity index (χ2n) is 1.14. The van der Waals surface area contributed by atoms with Crippen LogP contribution in [0.4, 0.5) is 0 Å². The predicted octanol–water partition coefficient (Wildman–Crippen LogP) is 1.68. The molecule has 0 radical (unpaired) electrons. The standard InChI is InChI=1S/C6H3S.Ag/c1-2-6-3-4-7-5-6;/h3-5H;/q-1;+1. The fraction of sp³-hybridized carbons (Fsp3) is 0. The van der Waals surface area contributed by atoms with Crippen LogP contribution in [0.3, 0.4) is 0 Å². The normalized spacial score (nSPS) is 6.88. The van der Waals surface area contributed by atoms with Crippen LogP contribution in [0.25, 0.3) is 0 Å². The third-order valence-corrected chi connectivity index (χ3v) is 1.35. The van der Waals surface area contributed by atoms with Crippen LogP contribution < -0.4 is 0 Å².